The van der Waals surface area contributed by atoms with Crippen LogP contribution >= 0.6 is 11.8 Å². The minimum atomic E-state index is -0.734. The fraction of sp³-hybridized carbons (Fsp3) is 0.606. The number of hydrogen-bond acceptors (Lipinski definition) is 5. The number of likely N-dealkylation sites (tertiary alicyclic amines) is 1. The molecule has 3 unspecified atom stereocenters. The Kier molecular flexibility index (Phi) is 10.1. The van der Waals surface area contributed by atoms with Crippen molar-refractivity contribution in [2.75, 3.05) is 24.6 Å². The number of anilines is 1. The number of benzene rings is 1. The van der Waals surface area contributed by atoms with Crippen LogP contribution in [-0.2, 0) is 14.4 Å². The first-order valence-corrected chi connectivity index (χ1v) is 16.1. The van der Waals surface area contributed by atoms with Crippen molar-refractivity contribution in [1.82, 2.24) is 9.80 Å². The molecule has 3 aliphatic heterocycles. The minimum absolute atomic E-state index is 0.00618. The highest BCUT2D eigenvalue weighted by molar-refractivity contribution is 8.02. The van der Waals surface area contributed by atoms with Crippen LogP contribution in [0.15, 0.2) is 55.6 Å². The molecule has 1 aromatic carbocycles. The van der Waals surface area contributed by atoms with Crippen molar-refractivity contribution in [3.8, 4) is 0 Å². The predicted molar refractivity (Wildman–Crippen MR) is 167 cm³/mol. The molecule has 3 saturated heterocycles. The van der Waals surface area contributed by atoms with Crippen molar-refractivity contribution in [2.45, 2.75) is 87.9 Å². The Balaban J connectivity index is 1.82. The second-order valence-electron chi connectivity index (χ2n) is 11.9. The highest BCUT2D eigenvalue weighted by Gasteiger charge is 2.75. The van der Waals surface area contributed by atoms with Crippen molar-refractivity contribution in [1.29, 1.82) is 0 Å². The molecule has 8 heteroatoms. The van der Waals surface area contributed by atoms with E-state index in [0.29, 0.717) is 19.5 Å². The summed E-state index contributed by atoms with van der Waals surface area (Å²) in [7, 11) is 0. The first kappa shape index (κ1) is 31.4. The average Bonchev–Trinajstić information content (AvgIpc) is 3.62. The summed E-state index contributed by atoms with van der Waals surface area (Å²) in [5, 5.41) is 10.6. The second kappa shape index (κ2) is 13.2. The Bertz CT molecular complexity index is 1130. The van der Waals surface area contributed by atoms with Gasteiger partial charge in [0.2, 0.25) is 17.7 Å². The van der Waals surface area contributed by atoms with Crippen LogP contribution in [0.25, 0.3) is 0 Å². The number of rotatable bonds is 14. The molecule has 224 valence electrons. The van der Waals surface area contributed by atoms with Gasteiger partial charge in [0.1, 0.15) is 6.04 Å². The van der Waals surface area contributed by atoms with Gasteiger partial charge >= 0.3 is 0 Å². The van der Waals surface area contributed by atoms with Crippen LogP contribution in [0.3, 0.4) is 0 Å². The summed E-state index contributed by atoms with van der Waals surface area (Å²) in [6.07, 6.45) is 7.47. The van der Waals surface area contributed by atoms with E-state index in [1.165, 1.54) is 0 Å². The maximum absolute atomic E-state index is 14.7. The molecular formula is C33H47N3O4S. The lowest BCUT2D eigenvalue weighted by Crippen LogP contribution is -2.59. The van der Waals surface area contributed by atoms with Gasteiger partial charge in [0.25, 0.3) is 0 Å². The predicted octanol–water partition coefficient (Wildman–Crippen LogP) is 4.91. The van der Waals surface area contributed by atoms with Crippen LogP contribution in [0.1, 0.15) is 59.8 Å². The number of fused-ring (bicyclic) bond motifs is 1. The number of para-hydroxylation sites is 1. The van der Waals surface area contributed by atoms with Gasteiger partial charge in [0.05, 0.1) is 29.2 Å². The van der Waals surface area contributed by atoms with E-state index in [1.807, 2.05) is 49.1 Å². The van der Waals surface area contributed by atoms with Gasteiger partial charge < -0.3 is 19.8 Å². The van der Waals surface area contributed by atoms with E-state index in [9.17, 15) is 19.5 Å². The Morgan fingerprint density at radius 1 is 1.15 bits per heavy atom. The van der Waals surface area contributed by atoms with Gasteiger partial charge in [-0.25, -0.2) is 0 Å². The van der Waals surface area contributed by atoms with Crippen LogP contribution < -0.4 is 4.90 Å². The van der Waals surface area contributed by atoms with Gasteiger partial charge in [-0.05, 0) is 44.2 Å². The highest BCUT2D eigenvalue weighted by atomic mass is 32.2. The summed E-state index contributed by atoms with van der Waals surface area (Å²) < 4.78 is -0.706. The molecule has 8 atom stereocenters. The van der Waals surface area contributed by atoms with E-state index in [4.69, 9.17) is 0 Å². The van der Waals surface area contributed by atoms with Gasteiger partial charge in [-0.1, -0.05) is 64.0 Å². The third kappa shape index (κ3) is 5.38. The topological polar surface area (TPSA) is 81.2 Å². The fourth-order valence-electron chi connectivity index (χ4n) is 7.42. The number of hydrogen-bond donors (Lipinski definition) is 1. The first-order valence-electron chi connectivity index (χ1n) is 15.2. The number of carbonyl (C=O) groups is 3. The number of thioether (sulfide) groups is 1. The normalized spacial score (nSPS) is 28.6. The summed E-state index contributed by atoms with van der Waals surface area (Å²) >= 11 is 1.68. The Morgan fingerprint density at radius 3 is 2.41 bits per heavy atom. The lowest BCUT2D eigenvalue weighted by atomic mass is 9.70. The molecule has 2 bridgehead atoms. The monoisotopic (exact) mass is 581 g/mol. The van der Waals surface area contributed by atoms with E-state index in [2.05, 4.69) is 27.0 Å². The molecule has 3 fully saturated rings. The van der Waals surface area contributed by atoms with Gasteiger partial charge in [-0.2, -0.15) is 0 Å². The molecule has 3 heterocycles. The largest absolute Gasteiger partial charge is 0.394 e. The zero-order valence-electron chi connectivity index (χ0n) is 25.1. The van der Waals surface area contributed by atoms with Crippen LogP contribution in [0.2, 0.25) is 0 Å². The molecule has 1 spiro atoms. The van der Waals surface area contributed by atoms with Crippen molar-refractivity contribution in [3.05, 3.63) is 55.6 Å². The van der Waals surface area contributed by atoms with Gasteiger partial charge in [0, 0.05) is 30.1 Å². The van der Waals surface area contributed by atoms with Gasteiger partial charge in [-0.3, -0.25) is 14.4 Å². The number of amides is 3. The highest BCUT2D eigenvalue weighted by Crippen LogP contribution is 2.67. The molecule has 0 radical (unpaired) electrons. The van der Waals surface area contributed by atoms with E-state index in [-0.39, 0.29) is 41.5 Å². The number of nitrogens with zero attached hydrogens (tertiary/aromatic N) is 3. The summed E-state index contributed by atoms with van der Waals surface area (Å²) in [5.41, 5.74) is 0.771. The standard InChI is InChI=1S/C33H47N3O4S/c1-7-14-23(6)34(19-8-2)32(40)29-33-18-17-26(41-33)27(28(33)31(39)36(29)25(21-37)22(5)10-4)30(38)35(20-9-3)24-15-12-11-13-16-24/h8-9,11-13,15-16,22-23,25-29,37H,2-3,7,10,14,17-21H2,1,4-6H3/t22-,23?,25-,26-,27+,28-,29?,33?/m0/s1. The molecule has 4 rings (SSSR count). The molecule has 41 heavy (non-hydrogen) atoms. The summed E-state index contributed by atoms with van der Waals surface area (Å²) in [6, 6.07) is 8.27. The molecule has 0 aromatic heterocycles. The van der Waals surface area contributed by atoms with Crippen LogP contribution in [0.5, 0.6) is 0 Å². The van der Waals surface area contributed by atoms with E-state index in [1.54, 1.807) is 33.7 Å². The van der Waals surface area contributed by atoms with Gasteiger partial charge in [-0.15, -0.1) is 24.9 Å². The maximum atomic E-state index is 14.7. The summed E-state index contributed by atoms with van der Waals surface area (Å²) in [6.45, 7) is 16.5. The van der Waals surface area contributed by atoms with E-state index < -0.39 is 28.7 Å². The molecule has 1 N–H and O–H groups in total. The smallest absolute Gasteiger partial charge is 0.247 e. The lowest BCUT2D eigenvalue weighted by Gasteiger charge is -2.42. The molecule has 0 aliphatic carbocycles. The number of aliphatic hydroxyl groups excluding tert-OH is 1. The second-order valence-corrected chi connectivity index (χ2v) is 13.5. The number of aliphatic hydroxyl groups is 1. The number of carbonyl (C=O) groups excluding carboxylic acids is 3. The van der Waals surface area contributed by atoms with Crippen molar-refractivity contribution >= 4 is 35.2 Å². The third-order valence-electron chi connectivity index (χ3n) is 9.60. The zero-order valence-corrected chi connectivity index (χ0v) is 25.9. The van der Waals surface area contributed by atoms with Crippen molar-refractivity contribution in [3.63, 3.8) is 0 Å². The Labute approximate surface area is 250 Å². The molecule has 1 aromatic rings. The van der Waals surface area contributed by atoms with Crippen molar-refractivity contribution < 1.29 is 19.5 Å². The van der Waals surface area contributed by atoms with Crippen LogP contribution in [0, 0.1) is 17.8 Å². The zero-order chi connectivity index (χ0) is 29.9. The summed E-state index contributed by atoms with van der Waals surface area (Å²) in [5.74, 6) is -1.51. The third-order valence-corrected chi connectivity index (χ3v) is 11.5. The SMILES string of the molecule is C=CCN(C(=O)[C@@H]1[C@@H]2CCC3(S2)C(C(=O)N(CC=C)C(C)CCC)N([C@@H](CO)[C@@H](C)CC)C(=O)[C@H]13)c1ccccc1. The summed E-state index contributed by atoms with van der Waals surface area (Å²) in [4.78, 5) is 49.0. The fourth-order valence-corrected chi connectivity index (χ4v) is 9.61. The van der Waals surface area contributed by atoms with Gasteiger partial charge in [0.15, 0.2) is 0 Å². The lowest BCUT2D eigenvalue weighted by molar-refractivity contribution is -0.147. The molecule has 7 nitrogen and oxygen atoms in total. The molecule has 3 aliphatic rings. The minimum Gasteiger partial charge on any atom is -0.394 e. The van der Waals surface area contributed by atoms with E-state index in [0.717, 1.165) is 31.4 Å². The van der Waals surface area contributed by atoms with E-state index >= 15 is 0 Å². The Hall–Kier alpha value is -2.58. The average molecular weight is 582 g/mol. The maximum Gasteiger partial charge on any atom is 0.247 e. The first-order chi connectivity index (χ1) is 19.7. The van der Waals surface area contributed by atoms with Crippen LogP contribution in [-0.4, -0.2) is 80.4 Å². The quantitative estimate of drug-likeness (QED) is 0.316. The Morgan fingerprint density at radius 2 is 1.83 bits per heavy atom. The molecule has 3 amide bonds. The molecular weight excluding hydrogens is 534 g/mol. The van der Waals surface area contributed by atoms with Crippen LogP contribution in [0.4, 0.5) is 5.69 Å². The molecule has 0 saturated carbocycles. The van der Waals surface area contributed by atoms with Crippen molar-refractivity contribution in [2.24, 2.45) is 17.8 Å².